The molecule has 4 heterocycles. The Balaban J connectivity index is 1.49. The number of fused-ring (bicyclic) bond motifs is 5. The summed E-state index contributed by atoms with van der Waals surface area (Å²) >= 11 is 1.86. The lowest BCUT2D eigenvalue weighted by molar-refractivity contribution is 0.559. The molecule has 0 atom stereocenters. The van der Waals surface area contributed by atoms with E-state index in [1.165, 1.54) is 36.7 Å². The summed E-state index contributed by atoms with van der Waals surface area (Å²) in [6, 6.07) is 23.8. The molecular weight excluding hydrogens is 470 g/mol. The molecule has 0 radical (unpaired) electrons. The normalized spacial score (nSPS) is 15.4. The van der Waals surface area contributed by atoms with Crippen molar-refractivity contribution < 1.29 is 0 Å². The van der Waals surface area contributed by atoms with E-state index in [4.69, 9.17) is 4.99 Å². The van der Waals surface area contributed by atoms with Crippen molar-refractivity contribution in [1.82, 2.24) is 9.47 Å². The zero-order valence-electron chi connectivity index (χ0n) is 20.6. The Labute approximate surface area is 220 Å². The predicted molar refractivity (Wildman–Crippen MR) is 161 cm³/mol. The van der Waals surface area contributed by atoms with Crippen molar-refractivity contribution >= 4 is 66.1 Å². The van der Waals surface area contributed by atoms with Gasteiger partial charge in [0.05, 0.1) is 16.9 Å². The van der Waals surface area contributed by atoms with Gasteiger partial charge in [-0.2, -0.15) is 0 Å². The van der Waals surface area contributed by atoms with Gasteiger partial charge in [-0.25, -0.2) is 4.99 Å². The fourth-order valence-corrected chi connectivity index (χ4v) is 6.82. The van der Waals surface area contributed by atoms with Crippen molar-refractivity contribution in [2.45, 2.75) is 6.92 Å². The molecule has 0 bridgehead atoms. The van der Waals surface area contributed by atoms with Crippen molar-refractivity contribution in [1.29, 1.82) is 0 Å². The molecule has 178 valence electrons. The van der Waals surface area contributed by atoms with Gasteiger partial charge in [-0.3, -0.25) is 4.57 Å². The number of aromatic nitrogens is 1. The number of aliphatic imine (C=N–C) groups is 1. The smallest absolute Gasteiger partial charge is 0.215 e. The van der Waals surface area contributed by atoms with Crippen LogP contribution in [0.15, 0.2) is 115 Å². The monoisotopic (exact) mass is 495 g/mol. The Morgan fingerprint density at radius 3 is 2.62 bits per heavy atom. The summed E-state index contributed by atoms with van der Waals surface area (Å²) < 4.78 is 4.86. The number of rotatable bonds is 3. The van der Waals surface area contributed by atoms with Crippen LogP contribution >= 0.6 is 11.3 Å². The Morgan fingerprint density at radius 2 is 1.76 bits per heavy atom. The van der Waals surface area contributed by atoms with Gasteiger partial charge in [0.1, 0.15) is 0 Å². The van der Waals surface area contributed by atoms with Gasteiger partial charge < -0.3 is 4.90 Å². The topological polar surface area (TPSA) is 20.5 Å². The number of para-hydroxylation sites is 1. The van der Waals surface area contributed by atoms with Crippen LogP contribution in [0.5, 0.6) is 0 Å². The van der Waals surface area contributed by atoms with Crippen LogP contribution in [0, 0.1) is 0 Å². The predicted octanol–water partition coefficient (Wildman–Crippen LogP) is 8.70. The first kappa shape index (κ1) is 21.8. The second-order valence-electron chi connectivity index (χ2n) is 9.20. The molecule has 2 aliphatic rings. The molecule has 0 saturated heterocycles. The average Bonchev–Trinajstić information content (AvgIpc) is 3.48. The van der Waals surface area contributed by atoms with Crippen LogP contribution in [0.3, 0.4) is 0 Å². The molecule has 3 nitrogen and oxygen atoms in total. The maximum Gasteiger partial charge on any atom is 0.215 e. The molecule has 0 spiro atoms. The van der Waals surface area contributed by atoms with Crippen LogP contribution in [-0.4, -0.2) is 22.0 Å². The Morgan fingerprint density at radius 1 is 0.946 bits per heavy atom. The van der Waals surface area contributed by atoms with Crippen LogP contribution in [-0.2, 0) is 0 Å². The van der Waals surface area contributed by atoms with Crippen molar-refractivity contribution in [2.24, 2.45) is 4.99 Å². The summed E-state index contributed by atoms with van der Waals surface area (Å²) in [5, 5.41) is 3.81. The number of allylic oxidation sites excluding steroid dienone is 4. The quantitative estimate of drug-likeness (QED) is 0.245. The molecule has 3 aromatic carbocycles. The third kappa shape index (κ3) is 3.23. The highest BCUT2D eigenvalue weighted by Gasteiger charge is 2.29. The molecule has 7 rings (SSSR count). The van der Waals surface area contributed by atoms with Crippen LogP contribution in [0.4, 0.5) is 0 Å². The summed E-state index contributed by atoms with van der Waals surface area (Å²) in [6.45, 7) is 6.98. The van der Waals surface area contributed by atoms with Gasteiger partial charge in [0, 0.05) is 55.0 Å². The van der Waals surface area contributed by atoms with E-state index in [2.05, 4.69) is 120 Å². The molecular formula is C33H25N3S. The maximum absolute atomic E-state index is 5.14. The van der Waals surface area contributed by atoms with E-state index in [9.17, 15) is 0 Å². The average molecular weight is 496 g/mol. The van der Waals surface area contributed by atoms with Crippen LogP contribution in [0.25, 0.3) is 48.8 Å². The van der Waals surface area contributed by atoms with Crippen molar-refractivity contribution in [3.63, 3.8) is 0 Å². The minimum Gasteiger partial charge on any atom is -0.307 e. The number of hydrogen-bond donors (Lipinski definition) is 0. The van der Waals surface area contributed by atoms with Gasteiger partial charge >= 0.3 is 0 Å². The van der Waals surface area contributed by atoms with Crippen molar-refractivity contribution in [3.05, 3.63) is 126 Å². The SMILES string of the molecule is C=Cc1c(/C=C\C)c2ccccc2n1C1=NC=C(c2cccc3c2sc2ccccc23)C2=CC=CCN21. The van der Waals surface area contributed by atoms with Crippen LogP contribution in [0.1, 0.15) is 23.7 Å². The minimum absolute atomic E-state index is 0.756. The first-order chi connectivity index (χ1) is 18.3. The van der Waals surface area contributed by atoms with Gasteiger partial charge in [-0.15, -0.1) is 11.3 Å². The molecule has 2 aromatic heterocycles. The Kier molecular flexibility index (Phi) is 5.08. The standard InChI is InChI=1S/C33H25N3S/c1-3-12-22-23-13-5-7-18-30(23)36(28(22)4-2)33-34-21-27(29-17-9-10-20-35(29)33)26-16-11-15-25-24-14-6-8-19-31(24)37-32(25)26/h3-19,21H,2,20H2,1H3/b12-3-. The fraction of sp³-hybridized carbons (Fsp3) is 0.0606. The second-order valence-corrected chi connectivity index (χ2v) is 10.3. The summed E-state index contributed by atoms with van der Waals surface area (Å²) in [7, 11) is 0. The van der Waals surface area contributed by atoms with Gasteiger partial charge in [-0.1, -0.05) is 85.5 Å². The number of hydrogen-bond acceptors (Lipinski definition) is 3. The lowest BCUT2D eigenvalue weighted by Crippen LogP contribution is -2.39. The van der Waals surface area contributed by atoms with Crippen LogP contribution < -0.4 is 0 Å². The molecule has 0 fully saturated rings. The molecule has 2 aliphatic heterocycles. The van der Waals surface area contributed by atoms with Gasteiger partial charge in [0.2, 0.25) is 5.96 Å². The lowest BCUT2D eigenvalue weighted by Gasteiger charge is -2.34. The largest absolute Gasteiger partial charge is 0.307 e. The highest BCUT2D eigenvalue weighted by atomic mass is 32.1. The number of thiophene rings is 1. The maximum atomic E-state index is 5.14. The molecule has 0 unspecified atom stereocenters. The molecule has 0 aliphatic carbocycles. The summed E-state index contributed by atoms with van der Waals surface area (Å²) in [5.74, 6) is 0.893. The Hall–Kier alpha value is -4.41. The third-order valence-corrected chi connectivity index (χ3v) is 8.39. The second kappa shape index (κ2) is 8.61. The molecule has 4 heteroatoms. The van der Waals surface area contributed by atoms with E-state index in [1.54, 1.807) is 0 Å². The molecule has 0 saturated carbocycles. The van der Waals surface area contributed by atoms with Crippen molar-refractivity contribution in [3.8, 4) is 0 Å². The lowest BCUT2D eigenvalue weighted by atomic mass is 9.98. The summed E-state index contributed by atoms with van der Waals surface area (Å²) in [4.78, 5) is 7.46. The van der Waals surface area contributed by atoms with Crippen molar-refractivity contribution in [2.75, 3.05) is 6.54 Å². The van der Waals surface area contributed by atoms with E-state index in [0.29, 0.717) is 0 Å². The highest BCUT2D eigenvalue weighted by Crippen LogP contribution is 2.42. The van der Waals surface area contributed by atoms with E-state index in [0.717, 1.165) is 35.0 Å². The zero-order valence-corrected chi connectivity index (χ0v) is 21.4. The van der Waals surface area contributed by atoms with E-state index in [-0.39, 0.29) is 0 Å². The number of nitrogens with zero attached hydrogens (tertiary/aromatic N) is 3. The first-order valence-electron chi connectivity index (χ1n) is 12.5. The number of benzene rings is 3. The molecule has 0 amide bonds. The van der Waals surface area contributed by atoms with E-state index in [1.807, 2.05) is 23.6 Å². The Bertz CT molecular complexity index is 1890. The van der Waals surface area contributed by atoms with E-state index >= 15 is 0 Å². The zero-order chi connectivity index (χ0) is 24.9. The third-order valence-electron chi connectivity index (χ3n) is 7.17. The fourth-order valence-electron chi connectivity index (χ4n) is 5.58. The molecule has 5 aromatic rings. The molecule has 0 N–H and O–H groups in total. The van der Waals surface area contributed by atoms with Gasteiger partial charge in [0.15, 0.2) is 0 Å². The molecule has 37 heavy (non-hydrogen) atoms. The van der Waals surface area contributed by atoms with Gasteiger partial charge in [0.25, 0.3) is 0 Å². The summed E-state index contributed by atoms with van der Waals surface area (Å²) in [6.07, 6.45) is 14.8. The highest BCUT2D eigenvalue weighted by molar-refractivity contribution is 7.26. The first-order valence-corrected chi connectivity index (χ1v) is 13.3. The van der Waals surface area contributed by atoms with Crippen LogP contribution in [0.2, 0.25) is 0 Å². The van der Waals surface area contributed by atoms with Gasteiger partial charge in [-0.05, 0) is 31.2 Å². The minimum atomic E-state index is 0.756. The van der Waals surface area contributed by atoms with E-state index < -0.39 is 0 Å². The summed E-state index contributed by atoms with van der Waals surface area (Å²) in [5.41, 5.74) is 6.88.